The molecule has 2 rings (SSSR count). The van der Waals surface area contributed by atoms with E-state index >= 15 is 0 Å². The lowest BCUT2D eigenvalue weighted by atomic mass is 10.1. The SMILES string of the molecule is CCC(N)Cc1nccc2sccc12. The summed E-state index contributed by atoms with van der Waals surface area (Å²) in [7, 11) is 0. The van der Waals surface area contributed by atoms with Crippen LogP contribution >= 0.6 is 11.3 Å². The molecule has 0 radical (unpaired) electrons. The summed E-state index contributed by atoms with van der Waals surface area (Å²) >= 11 is 1.76. The van der Waals surface area contributed by atoms with E-state index in [0.29, 0.717) is 0 Å². The fraction of sp³-hybridized carbons (Fsp3) is 0.364. The molecule has 1 atom stereocenters. The smallest absolute Gasteiger partial charge is 0.0505 e. The molecule has 2 heterocycles. The van der Waals surface area contributed by atoms with Gasteiger partial charge in [0.05, 0.1) is 5.69 Å². The first-order valence-electron chi connectivity index (χ1n) is 4.88. The van der Waals surface area contributed by atoms with Gasteiger partial charge in [-0.3, -0.25) is 4.98 Å². The average Bonchev–Trinajstić information content (AvgIpc) is 2.66. The van der Waals surface area contributed by atoms with Gasteiger partial charge in [-0.15, -0.1) is 11.3 Å². The van der Waals surface area contributed by atoms with Crippen molar-refractivity contribution in [1.29, 1.82) is 0 Å². The summed E-state index contributed by atoms with van der Waals surface area (Å²) < 4.78 is 1.30. The number of fused-ring (bicyclic) bond motifs is 1. The van der Waals surface area contributed by atoms with Gasteiger partial charge >= 0.3 is 0 Å². The quantitative estimate of drug-likeness (QED) is 0.838. The molecule has 0 amide bonds. The van der Waals surface area contributed by atoms with Crippen LogP contribution in [0.3, 0.4) is 0 Å². The van der Waals surface area contributed by atoms with Crippen molar-refractivity contribution < 1.29 is 0 Å². The van der Waals surface area contributed by atoms with Crippen molar-refractivity contribution in [3.05, 3.63) is 29.4 Å². The maximum atomic E-state index is 5.93. The molecular weight excluding hydrogens is 192 g/mol. The minimum absolute atomic E-state index is 0.230. The summed E-state index contributed by atoms with van der Waals surface area (Å²) in [5.74, 6) is 0. The Kier molecular flexibility index (Phi) is 2.79. The molecule has 0 spiro atoms. The van der Waals surface area contributed by atoms with E-state index in [-0.39, 0.29) is 6.04 Å². The first-order valence-corrected chi connectivity index (χ1v) is 5.76. The molecule has 0 aliphatic heterocycles. The van der Waals surface area contributed by atoms with E-state index in [1.165, 1.54) is 10.1 Å². The normalized spacial score (nSPS) is 13.3. The summed E-state index contributed by atoms with van der Waals surface area (Å²) in [5.41, 5.74) is 7.07. The Hall–Kier alpha value is -0.930. The Balaban J connectivity index is 2.36. The van der Waals surface area contributed by atoms with Crippen molar-refractivity contribution in [2.75, 3.05) is 0 Å². The molecule has 3 heteroatoms. The fourth-order valence-electron chi connectivity index (χ4n) is 1.51. The van der Waals surface area contributed by atoms with Crippen molar-refractivity contribution in [2.24, 2.45) is 5.73 Å². The molecule has 14 heavy (non-hydrogen) atoms. The lowest BCUT2D eigenvalue weighted by Crippen LogP contribution is -2.21. The van der Waals surface area contributed by atoms with E-state index in [1.807, 2.05) is 6.20 Å². The predicted octanol–water partition coefficient (Wildman–Crippen LogP) is 2.58. The molecule has 0 saturated heterocycles. The number of pyridine rings is 1. The van der Waals surface area contributed by atoms with Crippen molar-refractivity contribution in [1.82, 2.24) is 4.98 Å². The molecule has 1 unspecified atom stereocenters. The van der Waals surface area contributed by atoms with E-state index < -0.39 is 0 Å². The van der Waals surface area contributed by atoms with E-state index in [4.69, 9.17) is 5.73 Å². The molecule has 2 aromatic rings. The monoisotopic (exact) mass is 206 g/mol. The number of rotatable bonds is 3. The second kappa shape index (κ2) is 4.07. The Labute approximate surface area is 87.8 Å². The van der Waals surface area contributed by atoms with Crippen LogP contribution in [0, 0.1) is 0 Å². The van der Waals surface area contributed by atoms with Gasteiger partial charge in [-0.05, 0) is 23.9 Å². The van der Waals surface area contributed by atoms with E-state index in [1.54, 1.807) is 11.3 Å². The van der Waals surface area contributed by atoms with Crippen molar-refractivity contribution in [3.63, 3.8) is 0 Å². The van der Waals surface area contributed by atoms with Gasteiger partial charge in [0, 0.05) is 28.7 Å². The van der Waals surface area contributed by atoms with Crippen LogP contribution in [0.2, 0.25) is 0 Å². The van der Waals surface area contributed by atoms with Crippen LogP contribution in [-0.4, -0.2) is 11.0 Å². The van der Waals surface area contributed by atoms with E-state index in [2.05, 4.69) is 29.4 Å². The molecule has 0 aliphatic rings. The topological polar surface area (TPSA) is 38.9 Å². The zero-order chi connectivity index (χ0) is 9.97. The molecule has 2 aromatic heterocycles. The lowest BCUT2D eigenvalue weighted by Gasteiger charge is -2.08. The van der Waals surface area contributed by atoms with E-state index in [0.717, 1.165) is 18.5 Å². The van der Waals surface area contributed by atoms with Gasteiger partial charge in [-0.25, -0.2) is 0 Å². The van der Waals surface area contributed by atoms with Crippen LogP contribution in [0.25, 0.3) is 10.1 Å². The fourth-order valence-corrected chi connectivity index (χ4v) is 2.31. The second-order valence-corrected chi connectivity index (χ2v) is 4.41. The highest BCUT2D eigenvalue weighted by Gasteiger charge is 2.07. The Morgan fingerprint density at radius 3 is 3.14 bits per heavy atom. The molecule has 2 nitrogen and oxygen atoms in total. The third-order valence-corrected chi connectivity index (χ3v) is 3.32. The highest BCUT2D eigenvalue weighted by Crippen LogP contribution is 2.23. The van der Waals surface area contributed by atoms with Crippen LogP contribution in [0.5, 0.6) is 0 Å². The summed E-state index contributed by atoms with van der Waals surface area (Å²) in [5, 5.41) is 3.37. The predicted molar refractivity (Wildman–Crippen MR) is 61.6 cm³/mol. The molecule has 0 aliphatic carbocycles. The highest BCUT2D eigenvalue weighted by molar-refractivity contribution is 7.17. The number of thiophene rings is 1. The lowest BCUT2D eigenvalue weighted by molar-refractivity contribution is 0.640. The summed E-state index contributed by atoms with van der Waals surface area (Å²) in [4.78, 5) is 4.39. The first kappa shape index (κ1) is 9.62. The minimum atomic E-state index is 0.230. The molecule has 0 aromatic carbocycles. The summed E-state index contributed by atoms with van der Waals surface area (Å²) in [6.45, 7) is 2.11. The number of hydrogen-bond donors (Lipinski definition) is 1. The van der Waals surface area contributed by atoms with Crippen LogP contribution in [0.1, 0.15) is 19.0 Å². The minimum Gasteiger partial charge on any atom is -0.327 e. The number of nitrogens with zero attached hydrogens (tertiary/aromatic N) is 1. The molecule has 74 valence electrons. The zero-order valence-electron chi connectivity index (χ0n) is 8.23. The summed E-state index contributed by atoms with van der Waals surface area (Å²) in [6, 6.07) is 4.42. The van der Waals surface area contributed by atoms with Gasteiger partial charge < -0.3 is 5.73 Å². The molecule has 0 bridgehead atoms. The molecular formula is C11H14N2S. The van der Waals surface area contributed by atoms with Gasteiger partial charge in [0.15, 0.2) is 0 Å². The van der Waals surface area contributed by atoms with Crippen molar-refractivity contribution in [2.45, 2.75) is 25.8 Å². The Morgan fingerprint density at radius 1 is 1.50 bits per heavy atom. The van der Waals surface area contributed by atoms with Crippen LogP contribution in [0.15, 0.2) is 23.7 Å². The van der Waals surface area contributed by atoms with Gasteiger partial charge in [0.2, 0.25) is 0 Å². The standard InChI is InChI=1S/C11H14N2S/c1-2-8(12)7-10-9-4-6-14-11(9)3-5-13-10/h3-6,8H,2,7,12H2,1H3. The number of aromatic nitrogens is 1. The van der Waals surface area contributed by atoms with Crippen molar-refractivity contribution >= 4 is 21.4 Å². The van der Waals surface area contributed by atoms with E-state index in [9.17, 15) is 0 Å². The zero-order valence-corrected chi connectivity index (χ0v) is 9.05. The van der Waals surface area contributed by atoms with Crippen LogP contribution in [-0.2, 0) is 6.42 Å². The third-order valence-electron chi connectivity index (χ3n) is 2.44. The first-order chi connectivity index (χ1) is 6.81. The van der Waals surface area contributed by atoms with Crippen LogP contribution in [0.4, 0.5) is 0 Å². The van der Waals surface area contributed by atoms with Gasteiger partial charge in [0.25, 0.3) is 0 Å². The maximum Gasteiger partial charge on any atom is 0.0505 e. The Bertz CT molecular complexity index is 422. The number of nitrogens with two attached hydrogens (primary N) is 1. The maximum absolute atomic E-state index is 5.93. The number of hydrogen-bond acceptors (Lipinski definition) is 3. The summed E-state index contributed by atoms with van der Waals surface area (Å²) in [6.07, 6.45) is 3.75. The third kappa shape index (κ3) is 1.79. The van der Waals surface area contributed by atoms with Gasteiger partial charge in [-0.1, -0.05) is 6.92 Å². The Morgan fingerprint density at radius 2 is 2.36 bits per heavy atom. The molecule has 0 fully saturated rings. The second-order valence-electron chi connectivity index (χ2n) is 3.46. The van der Waals surface area contributed by atoms with Crippen molar-refractivity contribution in [3.8, 4) is 0 Å². The highest BCUT2D eigenvalue weighted by atomic mass is 32.1. The largest absolute Gasteiger partial charge is 0.327 e. The molecule has 0 saturated carbocycles. The van der Waals surface area contributed by atoms with Gasteiger partial charge in [-0.2, -0.15) is 0 Å². The molecule has 2 N–H and O–H groups in total. The van der Waals surface area contributed by atoms with Crippen LogP contribution < -0.4 is 5.73 Å². The average molecular weight is 206 g/mol. The van der Waals surface area contributed by atoms with Gasteiger partial charge in [0.1, 0.15) is 0 Å².